The fourth-order valence-electron chi connectivity index (χ4n) is 2.49. The van der Waals surface area contributed by atoms with Crippen molar-refractivity contribution in [2.24, 2.45) is 0 Å². The molecular weight excluding hydrogens is 316 g/mol. The van der Waals surface area contributed by atoms with Gasteiger partial charge in [-0.25, -0.2) is 4.79 Å². The van der Waals surface area contributed by atoms with Crippen molar-refractivity contribution in [3.63, 3.8) is 0 Å². The van der Waals surface area contributed by atoms with E-state index in [9.17, 15) is 9.59 Å². The zero-order valence-corrected chi connectivity index (χ0v) is 13.6. The lowest BCUT2D eigenvalue weighted by Gasteiger charge is -2.07. The summed E-state index contributed by atoms with van der Waals surface area (Å²) in [5, 5.41) is 0. The standard InChI is InChI=1S/C21H16O4/c1-24-19-10-6-17(7-11-19)15-2-4-16(5-3-15)18-8-12-20(13-9-18)25-21(23)14-22/h2-14H,1H3. The number of ether oxygens (including phenoxy) is 2. The van der Waals surface area contributed by atoms with E-state index < -0.39 is 5.97 Å². The maximum atomic E-state index is 11.0. The smallest absolute Gasteiger partial charge is 0.376 e. The molecule has 0 aliphatic rings. The van der Waals surface area contributed by atoms with Gasteiger partial charge in [0, 0.05) is 0 Å². The molecule has 0 N–H and O–H groups in total. The summed E-state index contributed by atoms with van der Waals surface area (Å²) in [6.07, 6.45) is 0.145. The third-order valence-corrected chi connectivity index (χ3v) is 3.81. The van der Waals surface area contributed by atoms with E-state index in [1.807, 2.05) is 48.5 Å². The summed E-state index contributed by atoms with van der Waals surface area (Å²) in [5.74, 6) is 0.267. The second-order valence-corrected chi connectivity index (χ2v) is 5.37. The topological polar surface area (TPSA) is 52.6 Å². The van der Waals surface area contributed by atoms with E-state index in [2.05, 4.69) is 12.1 Å². The number of esters is 1. The molecule has 3 aromatic carbocycles. The van der Waals surface area contributed by atoms with Crippen molar-refractivity contribution in [2.75, 3.05) is 7.11 Å². The van der Waals surface area contributed by atoms with E-state index in [0.29, 0.717) is 5.75 Å². The molecule has 124 valence electrons. The van der Waals surface area contributed by atoms with E-state index in [4.69, 9.17) is 9.47 Å². The molecule has 0 saturated carbocycles. The average Bonchev–Trinajstić information content (AvgIpc) is 2.69. The van der Waals surface area contributed by atoms with Crippen molar-refractivity contribution in [3.05, 3.63) is 72.8 Å². The molecular formula is C21H16O4. The van der Waals surface area contributed by atoms with Gasteiger partial charge in [0.1, 0.15) is 11.5 Å². The van der Waals surface area contributed by atoms with E-state index in [0.717, 1.165) is 28.0 Å². The van der Waals surface area contributed by atoms with Crippen molar-refractivity contribution in [1.29, 1.82) is 0 Å². The molecule has 0 aromatic heterocycles. The summed E-state index contributed by atoms with van der Waals surface area (Å²) in [7, 11) is 1.65. The van der Waals surface area contributed by atoms with Crippen LogP contribution in [0.2, 0.25) is 0 Å². The summed E-state index contributed by atoms with van der Waals surface area (Å²) >= 11 is 0. The van der Waals surface area contributed by atoms with Crippen LogP contribution < -0.4 is 9.47 Å². The first-order valence-corrected chi connectivity index (χ1v) is 7.71. The second-order valence-electron chi connectivity index (χ2n) is 5.37. The van der Waals surface area contributed by atoms with Crippen molar-refractivity contribution >= 4 is 12.3 Å². The molecule has 4 heteroatoms. The van der Waals surface area contributed by atoms with Crippen LogP contribution in [0, 0.1) is 0 Å². The first-order valence-electron chi connectivity index (χ1n) is 7.71. The van der Waals surface area contributed by atoms with Crippen LogP contribution in [-0.4, -0.2) is 19.4 Å². The van der Waals surface area contributed by atoms with Gasteiger partial charge in [0.2, 0.25) is 6.29 Å². The minimum absolute atomic E-state index is 0.145. The zero-order valence-electron chi connectivity index (χ0n) is 13.6. The van der Waals surface area contributed by atoms with Gasteiger partial charge in [0.15, 0.2) is 0 Å². The van der Waals surface area contributed by atoms with E-state index in [-0.39, 0.29) is 6.29 Å². The van der Waals surface area contributed by atoms with Crippen molar-refractivity contribution in [2.45, 2.75) is 0 Å². The summed E-state index contributed by atoms with van der Waals surface area (Å²) in [6.45, 7) is 0. The molecule has 0 fully saturated rings. The Labute approximate surface area is 145 Å². The quantitative estimate of drug-likeness (QED) is 0.305. The molecule has 0 saturated heterocycles. The monoisotopic (exact) mass is 332 g/mol. The Balaban J connectivity index is 1.77. The van der Waals surface area contributed by atoms with Crippen molar-refractivity contribution in [1.82, 2.24) is 0 Å². The molecule has 25 heavy (non-hydrogen) atoms. The average molecular weight is 332 g/mol. The van der Waals surface area contributed by atoms with Gasteiger partial charge in [-0.15, -0.1) is 0 Å². The number of benzene rings is 3. The Morgan fingerprint density at radius 1 is 0.680 bits per heavy atom. The minimum atomic E-state index is -0.906. The van der Waals surface area contributed by atoms with Crippen molar-refractivity contribution < 1.29 is 19.1 Å². The fraction of sp³-hybridized carbons (Fsp3) is 0.0476. The predicted octanol–water partition coefficient (Wildman–Crippen LogP) is 4.13. The lowest BCUT2D eigenvalue weighted by atomic mass is 10.0. The van der Waals surface area contributed by atoms with Crippen LogP contribution in [0.3, 0.4) is 0 Å². The molecule has 0 amide bonds. The van der Waals surface area contributed by atoms with Gasteiger partial charge in [-0.1, -0.05) is 48.5 Å². The lowest BCUT2D eigenvalue weighted by Crippen LogP contribution is -2.08. The molecule has 0 spiro atoms. The molecule has 3 aromatic rings. The summed E-state index contributed by atoms with van der Waals surface area (Å²) in [4.78, 5) is 21.3. The highest BCUT2D eigenvalue weighted by atomic mass is 16.5. The number of hydrogen-bond donors (Lipinski definition) is 0. The van der Waals surface area contributed by atoms with Crippen molar-refractivity contribution in [3.8, 4) is 33.8 Å². The van der Waals surface area contributed by atoms with E-state index >= 15 is 0 Å². The first kappa shape index (κ1) is 16.5. The normalized spacial score (nSPS) is 10.1. The number of carbonyl (C=O) groups excluding carboxylic acids is 2. The maximum Gasteiger partial charge on any atom is 0.376 e. The van der Waals surface area contributed by atoms with Gasteiger partial charge in [-0.2, -0.15) is 0 Å². The number of hydrogen-bond acceptors (Lipinski definition) is 4. The van der Waals surface area contributed by atoms with E-state index in [1.165, 1.54) is 0 Å². The van der Waals surface area contributed by atoms with E-state index in [1.54, 1.807) is 19.2 Å². The Kier molecular flexibility index (Phi) is 4.90. The molecule has 0 unspecified atom stereocenters. The van der Waals surface area contributed by atoms with Crippen LogP contribution in [0.5, 0.6) is 11.5 Å². The highest BCUT2D eigenvalue weighted by molar-refractivity contribution is 6.21. The molecule has 0 aliphatic heterocycles. The summed E-state index contributed by atoms with van der Waals surface area (Å²) in [6, 6.07) is 23.1. The minimum Gasteiger partial charge on any atom is -0.497 e. The zero-order chi connectivity index (χ0) is 17.6. The Hall–Kier alpha value is -3.40. The summed E-state index contributed by atoms with van der Waals surface area (Å²) < 4.78 is 10.0. The largest absolute Gasteiger partial charge is 0.497 e. The molecule has 0 heterocycles. The maximum absolute atomic E-state index is 11.0. The Bertz CT molecular complexity index is 863. The highest BCUT2D eigenvalue weighted by Gasteiger charge is 2.04. The Morgan fingerprint density at radius 2 is 1.04 bits per heavy atom. The Morgan fingerprint density at radius 3 is 1.40 bits per heavy atom. The lowest BCUT2D eigenvalue weighted by molar-refractivity contribution is -0.141. The van der Waals surface area contributed by atoms with Gasteiger partial charge in [-0.3, -0.25) is 4.79 Å². The third kappa shape index (κ3) is 3.93. The number of aldehydes is 1. The van der Waals surface area contributed by atoms with Crippen LogP contribution in [0.25, 0.3) is 22.3 Å². The molecule has 3 rings (SSSR count). The van der Waals surface area contributed by atoms with Gasteiger partial charge in [0.25, 0.3) is 0 Å². The first-order chi connectivity index (χ1) is 12.2. The SMILES string of the molecule is COc1ccc(-c2ccc(-c3ccc(OC(=O)C=O)cc3)cc2)cc1. The van der Waals surface area contributed by atoms with Gasteiger partial charge >= 0.3 is 5.97 Å². The van der Waals surface area contributed by atoms with Gasteiger partial charge in [0.05, 0.1) is 7.11 Å². The van der Waals surface area contributed by atoms with Crippen LogP contribution in [0.4, 0.5) is 0 Å². The second kappa shape index (κ2) is 7.45. The number of methoxy groups -OCH3 is 1. The number of carbonyl (C=O) groups is 2. The predicted molar refractivity (Wildman–Crippen MR) is 95.6 cm³/mol. The molecule has 0 aliphatic carbocycles. The highest BCUT2D eigenvalue weighted by Crippen LogP contribution is 2.27. The van der Waals surface area contributed by atoms with Crippen LogP contribution in [0.1, 0.15) is 0 Å². The fourth-order valence-corrected chi connectivity index (χ4v) is 2.49. The molecule has 4 nitrogen and oxygen atoms in total. The third-order valence-electron chi connectivity index (χ3n) is 3.81. The molecule has 0 bridgehead atoms. The molecule has 0 atom stereocenters. The number of rotatable bonds is 5. The van der Waals surface area contributed by atoms with Crippen LogP contribution >= 0.6 is 0 Å². The molecule has 0 radical (unpaired) electrons. The van der Waals surface area contributed by atoms with Gasteiger partial charge in [-0.05, 0) is 46.5 Å². The van der Waals surface area contributed by atoms with Crippen LogP contribution in [0.15, 0.2) is 72.8 Å². The summed E-state index contributed by atoms with van der Waals surface area (Å²) in [5.41, 5.74) is 4.27. The van der Waals surface area contributed by atoms with Crippen LogP contribution in [-0.2, 0) is 9.59 Å². The van der Waals surface area contributed by atoms with Gasteiger partial charge < -0.3 is 9.47 Å².